The highest BCUT2D eigenvalue weighted by Crippen LogP contribution is 2.49. The van der Waals surface area contributed by atoms with E-state index in [0.29, 0.717) is 52.5 Å². The standard InChI is InChI=1S/C35H40ClN5O6S2.C31H33ClN4O5S.C4H9NO2S/c1-34(16-17-34)49(45,46)40-32(44)35-20-22(35)10-6-3-2-4-9-13-27(37-24-11-7-5-8-12-24)31(43)41-21-25(19-28(41)30(42)39-35)47-33-38-26-15-14-23(36)18-29(26)48-33;32-20-13-14-23-26(15-20)42-30(34-23)41-22-16-25-27(37)35-31(29(39)40)17-19(31)9-5-2-1-3-8-12-24(28(38)36(25)18-22)33-21-10-6-4-7-11-21;1-4(2-3-4)8(5,6)7/h5-8,10-12,14-15,18,22,25,27-28,37H,2-4,9,13,16-17,19-21H2,1H3,(H,39,42)(H,40,44);4-7,9-11,13-15,19,22,24-25,33H,1-3,8,12,16-18H2,(H,35,37)(H,39,40);2-3H2,1H3,(H2,5,6,7)/b10-6-;9-5-;/t22-,25-,27+,28+,35-;19-,22-,24+,25+,31-;/m11./s1. The fourth-order valence-electron chi connectivity index (χ4n) is 13.2. The third kappa shape index (κ3) is 16.5. The number of sulfonamides is 2. The molecule has 4 aliphatic heterocycles. The van der Waals surface area contributed by atoms with E-state index in [0.717, 1.165) is 96.0 Å². The average molecular weight is 1470 g/mol. The van der Waals surface area contributed by atoms with Gasteiger partial charge in [0.05, 0.1) is 43.0 Å². The Hall–Kier alpha value is -7.40. The summed E-state index contributed by atoms with van der Waals surface area (Å²) >= 11 is 15.0. The number of aliphatic carboxylic acids is 1. The smallest absolute Gasteiger partial charge is 0.330 e. The highest BCUT2D eigenvalue weighted by Gasteiger charge is 2.64. The number of halogens is 2. The van der Waals surface area contributed by atoms with Gasteiger partial charge in [-0.1, -0.05) is 132 Å². The van der Waals surface area contributed by atoms with Gasteiger partial charge < -0.3 is 45.6 Å². The molecule has 10 atom stereocenters. The minimum Gasteiger partial charge on any atom is -0.479 e. The molecule has 14 rings (SSSR count). The van der Waals surface area contributed by atoms with Crippen molar-refractivity contribution in [2.24, 2.45) is 17.0 Å². The monoisotopic (exact) mass is 1470 g/mol. The number of benzene rings is 4. The first-order chi connectivity index (χ1) is 47.2. The van der Waals surface area contributed by atoms with Gasteiger partial charge in [-0.25, -0.2) is 36.7 Å². The van der Waals surface area contributed by atoms with Gasteiger partial charge in [-0.2, -0.15) is 0 Å². The van der Waals surface area contributed by atoms with E-state index in [2.05, 4.69) is 36.0 Å². The number of fused-ring (bicyclic) bond motifs is 6. The lowest BCUT2D eigenvalue weighted by molar-refractivity contribution is -0.145. The van der Waals surface area contributed by atoms with Crippen molar-refractivity contribution in [3.8, 4) is 10.4 Å². The Kier molecular flexibility index (Phi) is 21.1. The summed E-state index contributed by atoms with van der Waals surface area (Å²) in [7, 11) is -7.16. The van der Waals surface area contributed by atoms with Gasteiger partial charge in [-0.15, -0.1) is 0 Å². The van der Waals surface area contributed by atoms with Gasteiger partial charge in [0.25, 0.3) is 16.3 Å². The van der Waals surface area contributed by atoms with Crippen LogP contribution in [0, 0.1) is 11.8 Å². The molecule has 2 saturated heterocycles. The summed E-state index contributed by atoms with van der Waals surface area (Å²) in [5.41, 5.74) is 0.315. The number of primary sulfonamides is 1. The van der Waals surface area contributed by atoms with Crippen LogP contribution in [0.15, 0.2) is 121 Å². The summed E-state index contributed by atoms with van der Waals surface area (Å²) in [5.74, 6) is -3.89. The number of anilines is 2. The Labute approximate surface area is 593 Å². The van der Waals surface area contributed by atoms with Crippen molar-refractivity contribution in [1.29, 1.82) is 0 Å². The third-order valence-corrected chi connectivity index (χ3v) is 26.4. The van der Waals surface area contributed by atoms with Gasteiger partial charge >= 0.3 is 5.97 Å². The topological polar surface area (TPSA) is 328 Å². The number of carboxylic acid groups (broad SMARTS) is 1. The Morgan fingerprint density at radius 3 is 1.47 bits per heavy atom. The molecule has 5 amide bonds. The quantitative estimate of drug-likeness (QED) is 0.0529. The van der Waals surface area contributed by atoms with Gasteiger partial charge in [0, 0.05) is 46.1 Å². The number of aromatic nitrogens is 2. The molecule has 8 N–H and O–H groups in total. The number of hydrogen-bond donors (Lipinski definition) is 7. The predicted molar refractivity (Wildman–Crippen MR) is 382 cm³/mol. The Morgan fingerprint density at radius 1 is 0.616 bits per heavy atom. The number of ether oxygens (including phenoxy) is 2. The molecular formula is C70H82Cl2N10O13S4. The van der Waals surface area contributed by atoms with Crippen LogP contribution in [-0.4, -0.2) is 147 Å². The first-order valence-corrected chi connectivity index (χ1v) is 39.2. The second-order valence-electron chi connectivity index (χ2n) is 27.6. The zero-order chi connectivity index (χ0) is 70.1. The molecule has 8 aliphatic rings. The summed E-state index contributed by atoms with van der Waals surface area (Å²) in [6.45, 7) is 3.60. The molecule has 4 saturated carbocycles. The van der Waals surface area contributed by atoms with Crippen LogP contribution in [0.5, 0.6) is 10.4 Å². The number of para-hydroxylation sites is 2. The number of allylic oxidation sites excluding steroid dienone is 2. The first kappa shape index (κ1) is 71.4. The summed E-state index contributed by atoms with van der Waals surface area (Å²) in [4.78, 5) is 94.9. The van der Waals surface area contributed by atoms with Crippen molar-refractivity contribution in [3.05, 3.63) is 131 Å². The van der Waals surface area contributed by atoms with Crippen LogP contribution < -0.4 is 40.6 Å². The SMILES string of the molecule is CC1(S(=O)(=O)NC(=O)[C@@]23C[C@H]2/C=C\CCCCC[C@H](Nc2ccccc2)C(=O)N2C[C@H](Oc4nc5ccc(Cl)cc5s4)C[C@H]2C(=O)N3)CC1.CC1(S(N)(=O)=O)CC1.O=C1N[C@]2(C(=O)O)C[C@H]2/C=C\CCCCC[C@H](Nc2ccccc2)C(=O)N2C[C@H](Oc3nc4ccc(Cl)cc4s3)C[C@@H]12. The third-order valence-electron chi connectivity index (χ3n) is 20.2. The number of carboxylic acids is 1. The van der Waals surface area contributed by atoms with Crippen LogP contribution in [0.4, 0.5) is 11.4 Å². The molecule has 29 heteroatoms. The first-order valence-electron chi connectivity index (χ1n) is 33.7. The number of carbonyl (C=O) groups excluding carboxylic acids is 5. The maximum absolute atomic E-state index is 14.4. The molecule has 6 aromatic rings. The summed E-state index contributed by atoms with van der Waals surface area (Å²) in [6.07, 6.45) is 18.3. The highest BCUT2D eigenvalue weighted by molar-refractivity contribution is 7.91. The van der Waals surface area contributed by atoms with Crippen LogP contribution in [0.25, 0.3) is 20.4 Å². The molecule has 23 nitrogen and oxygen atoms in total. The lowest BCUT2D eigenvalue weighted by Crippen LogP contribution is -2.58. The molecule has 0 bridgehead atoms. The second-order valence-corrected chi connectivity index (χ2v) is 34.8. The van der Waals surface area contributed by atoms with E-state index in [-0.39, 0.29) is 56.0 Å². The molecule has 6 heterocycles. The van der Waals surface area contributed by atoms with E-state index in [1.165, 1.54) is 22.7 Å². The molecular weight excluding hydrogens is 1390 g/mol. The van der Waals surface area contributed by atoms with Gasteiger partial charge in [0.1, 0.15) is 47.5 Å². The maximum Gasteiger partial charge on any atom is 0.330 e. The normalized spacial score (nSPS) is 28.7. The summed E-state index contributed by atoms with van der Waals surface area (Å²) in [6, 6.07) is 26.9. The molecule has 6 fully saturated rings. The minimum atomic E-state index is -3.93. The summed E-state index contributed by atoms with van der Waals surface area (Å²) in [5, 5.41) is 29.5. The minimum absolute atomic E-state index is 0.135. The van der Waals surface area contributed by atoms with Crippen LogP contribution in [0.3, 0.4) is 0 Å². The Balaban J connectivity index is 0.000000170. The van der Waals surface area contributed by atoms with Crippen molar-refractivity contribution < 1.29 is 60.2 Å². The number of thiazole rings is 2. The molecule has 0 unspecified atom stereocenters. The largest absolute Gasteiger partial charge is 0.479 e. The number of hydrogen-bond acceptors (Lipinski definition) is 18. The number of rotatable bonds is 13. The van der Waals surface area contributed by atoms with Gasteiger partial charge in [0.15, 0.2) is 0 Å². The van der Waals surface area contributed by atoms with Crippen LogP contribution in [0.1, 0.15) is 129 Å². The van der Waals surface area contributed by atoms with E-state index < -0.39 is 101 Å². The van der Waals surface area contributed by atoms with Gasteiger partial charge in [0.2, 0.25) is 43.7 Å². The van der Waals surface area contributed by atoms with E-state index >= 15 is 0 Å². The number of amides is 5. The fourth-order valence-corrected chi connectivity index (χ4v) is 17.5. The van der Waals surface area contributed by atoms with E-state index in [4.69, 9.17) is 37.8 Å². The second kappa shape index (κ2) is 29.3. The van der Waals surface area contributed by atoms with Crippen molar-refractivity contribution in [1.82, 2.24) is 35.1 Å². The number of nitrogens with two attached hydrogens (primary N) is 1. The lowest BCUT2D eigenvalue weighted by atomic mass is 10.0. The highest BCUT2D eigenvalue weighted by atomic mass is 35.5. The summed E-state index contributed by atoms with van der Waals surface area (Å²) < 4.78 is 62.1. The molecule has 0 spiro atoms. The van der Waals surface area contributed by atoms with Gasteiger partial charge in [-0.3, -0.25) is 28.7 Å². The molecule has 4 aromatic carbocycles. The zero-order valence-electron chi connectivity index (χ0n) is 54.9. The van der Waals surface area contributed by atoms with Crippen LogP contribution >= 0.6 is 45.9 Å². The van der Waals surface area contributed by atoms with E-state index in [1.54, 1.807) is 35.8 Å². The number of nitrogens with one attached hydrogen (secondary N) is 5. The van der Waals surface area contributed by atoms with Crippen molar-refractivity contribution in [3.63, 3.8) is 0 Å². The number of carbonyl (C=O) groups is 6. The van der Waals surface area contributed by atoms with Crippen LogP contribution in [-0.2, 0) is 48.8 Å². The molecule has 99 heavy (non-hydrogen) atoms. The van der Waals surface area contributed by atoms with E-state index in [1.807, 2.05) is 109 Å². The van der Waals surface area contributed by atoms with Crippen molar-refractivity contribution in [2.75, 3.05) is 23.7 Å². The Bertz CT molecular complexity index is 4330. The molecule has 0 radical (unpaired) electrons. The maximum atomic E-state index is 14.4. The van der Waals surface area contributed by atoms with Gasteiger partial charge in [-0.05, 0) is 152 Å². The van der Waals surface area contributed by atoms with Crippen LogP contribution in [0.2, 0.25) is 10.0 Å². The molecule has 4 aliphatic carbocycles. The fraction of sp³-hybridized carbons (Fsp3) is 0.486. The van der Waals surface area contributed by atoms with Crippen molar-refractivity contribution in [2.45, 2.75) is 186 Å². The molecule has 528 valence electrons. The zero-order valence-corrected chi connectivity index (χ0v) is 59.7. The predicted octanol–water partition coefficient (Wildman–Crippen LogP) is 10.3. The average Bonchev–Trinajstić information content (AvgIpc) is 1.56. The number of nitrogens with zero attached hydrogens (tertiary/aromatic N) is 4. The lowest BCUT2D eigenvalue weighted by Gasteiger charge is -2.30. The van der Waals surface area contributed by atoms with E-state index in [9.17, 15) is 50.7 Å². The molecule has 2 aromatic heterocycles. The van der Waals surface area contributed by atoms with Crippen molar-refractivity contribution >= 4 is 133 Å². The Morgan fingerprint density at radius 2 is 1.05 bits per heavy atom.